The minimum Gasteiger partial charge on any atom is -0.464 e. The Labute approximate surface area is 248 Å². The Morgan fingerprint density at radius 2 is 1.76 bits per heavy atom. The van der Waals surface area contributed by atoms with E-state index in [4.69, 9.17) is 9.29 Å². The summed E-state index contributed by atoms with van der Waals surface area (Å²) in [5.74, 6) is -2.32. The van der Waals surface area contributed by atoms with Crippen molar-refractivity contribution in [3.8, 4) is 0 Å². The number of carbonyl (C=O) groups excluding carboxylic acids is 6. The van der Waals surface area contributed by atoms with Gasteiger partial charge < -0.3 is 25.5 Å². The molecule has 15 nitrogen and oxygen atoms in total. The van der Waals surface area contributed by atoms with Gasteiger partial charge in [-0.05, 0) is 12.8 Å². The minimum atomic E-state index is -4.79. The Hall–Kier alpha value is -2.22. The maximum atomic E-state index is 12.0. The van der Waals surface area contributed by atoms with E-state index >= 15 is 0 Å². The summed E-state index contributed by atoms with van der Waals surface area (Å²) in [6.07, 6.45) is 2.04. The number of urea groups is 1. The SMILES string of the molecule is O=C(CCCC[C@H]1SC[C@@H]2NC(=O)N[C@@H]21)NCCOC(=O)CCSSCCC(=O)ON1C(=O)C[C@@H](S(=O)(=O)O)C1=O. The number of esters is 1. The molecule has 3 saturated heterocycles. The lowest BCUT2D eigenvalue weighted by Crippen LogP contribution is -2.36. The van der Waals surface area contributed by atoms with Crippen molar-refractivity contribution in [1.82, 2.24) is 21.0 Å². The van der Waals surface area contributed by atoms with Gasteiger partial charge in [0, 0.05) is 28.9 Å². The monoisotopic (exact) mass is 656 g/mol. The number of nitrogens with one attached hydrogen (secondary N) is 3. The Bertz CT molecular complexity index is 1120. The lowest BCUT2D eigenvalue weighted by molar-refractivity contribution is -0.197. The number of carbonyl (C=O) groups is 6. The number of ether oxygens (including phenoxy) is 1. The predicted octanol–water partition coefficient (Wildman–Crippen LogP) is 0.00670. The van der Waals surface area contributed by atoms with Crippen molar-refractivity contribution in [2.45, 2.75) is 67.5 Å². The standard InChI is InChI=1S/C22H32N4O11S4/c27-16(4-2-1-3-14-20-13(12-38-14)24-22(32)25-20)23-7-8-36-18(29)5-9-39-40-10-6-19(30)37-26-17(28)11-15(21(26)31)41(33,34)35/h13-15,20H,1-12H2,(H,23,27)(H2,24,25,32)(H,33,34,35)/t13-,14+,15+,20-/m0/s1. The van der Waals surface area contributed by atoms with Crippen LogP contribution in [0.5, 0.6) is 0 Å². The fourth-order valence-corrected chi connectivity index (χ4v) is 8.41. The highest BCUT2D eigenvalue weighted by atomic mass is 33.1. The van der Waals surface area contributed by atoms with Gasteiger partial charge in [-0.1, -0.05) is 28.0 Å². The van der Waals surface area contributed by atoms with Gasteiger partial charge >= 0.3 is 18.0 Å². The molecule has 4 N–H and O–H groups in total. The number of hydrogen-bond acceptors (Lipinski definition) is 13. The molecule has 3 fully saturated rings. The van der Waals surface area contributed by atoms with Crippen molar-refractivity contribution < 1.29 is 51.3 Å². The summed E-state index contributed by atoms with van der Waals surface area (Å²) < 4.78 is 36.2. The van der Waals surface area contributed by atoms with Gasteiger partial charge in [0.15, 0.2) is 5.25 Å². The van der Waals surface area contributed by atoms with Crippen molar-refractivity contribution >= 4 is 79.2 Å². The molecule has 0 spiro atoms. The van der Waals surface area contributed by atoms with Crippen molar-refractivity contribution in [1.29, 1.82) is 0 Å². The maximum Gasteiger partial charge on any atom is 0.334 e. The molecule has 19 heteroatoms. The summed E-state index contributed by atoms with van der Waals surface area (Å²) in [6.45, 7) is 0.261. The molecule has 5 amide bonds. The van der Waals surface area contributed by atoms with E-state index in [2.05, 4.69) is 20.8 Å². The fraction of sp³-hybridized carbons (Fsp3) is 0.727. The number of amides is 5. The van der Waals surface area contributed by atoms with Gasteiger partial charge in [-0.25, -0.2) is 9.59 Å². The van der Waals surface area contributed by atoms with E-state index in [1.54, 1.807) is 0 Å². The number of thioether (sulfide) groups is 1. The van der Waals surface area contributed by atoms with Gasteiger partial charge in [0.25, 0.3) is 21.9 Å². The molecule has 0 saturated carbocycles. The molecule has 4 atom stereocenters. The van der Waals surface area contributed by atoms with Crippen molar-refractivity contribution in [2.75, 3.05) is 30.4 Å². The third kappa shape index (κ3) is 10.5. The summed E-state index contributed by atoms with van der Waals surface area (Å²) in [4.78, 5) is 75.2. The zero-order chi connectivity index (χ0) is 30.0. The van der Waals surface area contributed by atoms with Crippen LogP contribution in [0.15, 0.2) is 0 Å². The van der Waals surface area contributed by atoms with Crippen LogP contribution in [0.25, 0.3) is 0 Å². The normalized spacial score (nSPS) is 23.6. The summed E-state index contributed by atoms with van der Waals surface area (Å²) in [5.41, 5.74) is 0. The van der Waals surface area contributed by atoms with Gasteiger partial charge in [0.1, 0.15) is 6.61 Å². The molecule has 3 aliphatic heterocycles. The number of nitrogens with zero attached hydrogens (tertiary/aromatic N) is 1. The molecular weight excluding hydrogens is 625 g/mol. The largest absolute Gasteiger partial charge is 0.464 e. The molecule has 0 aromatic rings. The number of hydroxylamine groups is 2. The van der Waals surface area contributed by atoms with E-state index in [1.165, 1.54) is 21.6 Å². The van der Waals surface area contributed by atoms with E-state index in [0.717, 1.165) is 25.0 Å². The third-order valence-electron chi connectivity index (χ3n) is 6.25. The number of rotatable bonds is 17. The smallest absolute Gasteiger partial charge is 0.334 e. The quantitative estimate of drug-likeness (QED) is 0.0405. The number of hydrogen-bond donors (Lipinski definition) is 4. The predicted molar refractivity (Wildman–Crippen MR) is 150 cm³/mol. The molecule has 0 bridgehead atoms. The second-order valence-corrected chi connectivity index (χ2v) is 14.9. The maximum absolute atomic E-state index is 12.0. The van der Waals surface area contributed by atoms with Crippen molar-refractivity contribution in [3.05, 3.63) is 0 Å². The Balaban J connectivity index is 1.13. The van der Waals surface area contributed by atoms with E-state index in [1.807, 2.05) is 11.8 Å². The fourth-order valence-electron chi connectivity index (χ4n) is 4.22. The van der Waals surface area contributed by atoms with E-state index in [0.29, 0.717) is 17.4 Å². The molecular formula is C22H32N4O11S4. The van der Waals surface area contributed by atoms with Gasteiger partial charge in [0.05, 0.1) is 37.9 Å². The van der Waals surface area contributed by atoms with E-state index < -0.39 is 45.5 Å². The van der Waals surface area contributed by atoms with Crippen LogP contribution < -0.4 is 16.0 Å². The van der Waals surface area contributed by atoms with Crippen molar-refractivity contribution in [3.63, 3.8) is 0 Å². The van der Waals surface area contributed by atoms with Crippen LogP contribution in [0.4, 0.5) is 4.79 Å². The first kappa shape index (κ1) is 33.3. The van der Waals surface area contributed by atoms with Crippen LogP contribution in [0.2, 0.25) is 0 Å². The molecule has 0 aromatic heterocycles. The van der Waals surface area contributed by atoms with Crippen LogP contribution >= 0.6 is 33.3 Å². The number of unbranched alkanes of at least 4 members (excludes halogenated alkanes) is 1. The van der Waals surface area contributed by atoms with E-state index in [9.17, 15) is 37.2 Å². The highest BCUT2D eigenvalue weighted by molar-refractivity contribution is 8.76. The Morgan fingerprint density at radius 1 is 1.05 bits per heavy atom. The van der Waals surface area contributed by atoms with Gasteiger partial charge in [0.2, 0.25) is 5.91 Å². The van der Waals surface area contributed by atoms with Crippen LogP contribution in [-0.2, 0) is 43.7 Å². The Morgan fingerprint density at radius 3 is 2.44 bits per heavy atom. The molecule has 3 aliphatic rings. The van der Waals surface area contributed by atoms with Crippen LogP contribution in [0.1, 0.15) is 44.9 Å². The summed E-state index contributed by atoms with van der Waals surface area (Å²) in [5, 5.41) is 7.00. The highest BCUT2D eigenvalue weighted by Gasteiger charge is 2.48. The molecule has 0 aliphatic carbocycles. The molecule has 0 unspecified atom stereocenters. The second-order valence-electron chi connectivity index (χ2n) is 9.28. The first-order valence-corrected chi connectivity index (χ1v) is 17.9. The highest BCUT2D eigenvalue weighted by Crippen LogP contribution is 2.33. The summed E-state index contributed by atoms with van der Waals surface area (Å²) in [7, 11) is -2.25. The number of fused-ring (bicyclic) bond motifs is 1. The molecule has 3 heterocycles. The molecule has 0 radical (unpaired) electrons. The lowest BCUT2D eigenvalue weighted by Gasteiger charge is -2.16. The van der Waals surface area contributed by atoms with Gasteiger partial charge in [-0.2, -0.15) is 20.2 Å². The summed E-state index contributed by atoms with van der Waals surface area (Å²) >= 11 is 1.84. The minimum absolute atomic E-state index is 0.0507. The topological polar surface area (TPSA) is 215 Å². The molecule has 0 aromatic carbocycles. The third-order valence-corrected chi connectivity index (χ3v) is 11.2. The van der Waals surface area contributed by atoms with Crippen molar-refractivity contribution in [2.24, 2.45) is 0 Å². The lowest BCUT2D eigenvalue weighted by atomic mass is 10.0. The zero-order valence-electron chi connectivity index (χ0n) is 21.9. The zero-order valence-corrected chi connectivity index (χ0v) is 25.2. The molecule has 41 heavy (non-hydrogen) atoms. The summed E-state index contributed by atoms with van der Waals surface area (Å²) in [6, 6.07) is 0.237. The first-order chi connectivity index (χ1) is 19.5. The average molecular weight is 657 g/mol. The van der Waals surface area contributed by atoms with Crippen LogP contribution in [0, 0.1) is 0 Å². The van der Waals surface area contributed by atoms with E-state index in [-0.39, 0.29) is 60.8 Å². The van der Waals surface area contributed by atoms with Gasteiger partial charge in [-0.3, -0.25) is 23.7 Å². The molecule has 230 valence electrons. The van der Waals surface area contributed by atoms with Crippen LogP contribution in [-0.4, -0.2) is 107 Å². The Kier molecular flexibility index (Phi) is 12.9. The average Bonchev–Trinajstić information content (AvgIpc) is 3.54. The van der Waals surface area contributed by atoms with Gasteiger partial charge in [-0.15, -0.1) is 5.06 Å². The van der Waals surface area contributed by atoms with Crippen LogP contribution in [0.3, 0.4) is 0 Å². The molecule has 3 rings (SSSR count). The first-order valence-electron chi connectivity index (χ1n) is 12.8. The second kappa shape index (κ2) is 15.9. The number of imide groups is 1.